The zero-order chi connectivity index (χ0) is 20.3. The third kappa shape index (κ3) is 4.31. The van der Waals surface area contributed by atoms with E-state index in [0.29, 0.717) is 12.1 Å². The van der Waals surface area contributed by atoms with Crippen molar-refractivity contribution in [1.29, 1.82) is 0 Å². The van der Waals surface area contributed by atoms with Gasteiger partial charge in [0.25, 0.3) is 5.91 Å². The molecule has 5 nitrogen and oxygen atoms in total. The summed E-state index contributed by atoms with van der Waals surface area (Å²) in [6.07, 6.45) is 0. The summed E-state index contributed by atoms with van der Waals surface area (Å²) < 4.78 is 5.33. The van der Waals surface area contributed by atoms with Gasteiger partial charge in [-0.3, -0.25) is 9.78 Å². The second kappa shape index (κ2) is 8.40. The summed E-state index contributed by atoms with van der Waals surface area (Å²) in [6.45, 7) is 4.40. The van der Waals surface area contributed by atoms with Gasteiger partial charge in [-0.25, -0.2) is 0 Å². The predicted octanol–water partition coefficient (Wildman–Crippen LogP) is 3.89. The number of benzene rings is 2. The number of nitrogens with one attached hydrogen (secondary N) is 1. The highest BCUT2D eigenvalue weighted by molar-refractivity contribution is 5.98. The fraction of sp³-hybridized carbons (Fsp3) is 0.304. The molecule has 1 N–H and O–H groups in total. The number of hydrogen-bond acceptors (Lipinski definition) is 4. The number of rotatable bonds is 6. The maximum absolute atomic E-state index is 12.9. The Bertz CT molecular complexity index is 998. The van der Waals surface area contributed by atoms with E-state index in [0.717, 1.165) is 33.5 Å². The molecular formula is C23H27N3O2. The summed E-state index contributed by atoms with van der Waals surface area (Å²) in [4.78, 5) is 19.6. The smallest absolute Gasteiger partial charge is 0.253 e. The van der Waals surface area contributed by atoms with Crippen molar-refractivity contribution in [2.45, 2.75) is 19.9 Å². The highest BCUT2D eigenvalue weighted by atomic mass is 16.5. The fourth-order valence-electron chi connectivity index (χ4n) is 3.35. The summed E-state index contributed by atoms with van der Waals surface area (Å²) in [5, 5.41) is 4.05. The number of carbonyl (C=O) groups excluding carboxylic acids is 1. The minimum absolute atomic E-state index is 0.0371. The second-order valence-electron chi connectivity index (χ2n) is 7.28. The van der Waals surface area contributed by atoms with Gasteiger partial charge in [0.2, 0.25) is 0 Å². The van der Waals surface area contributed by atoms with Crippen molar-refractivity contribution in [1.82, 2.24) is 15.2 Å². The maximum atomic E-state index is 12.9. The van der Waals surface area contributed by atoms with Crippen molar-refractivity contribution < 1.29 is 9.53 Å². The average molecular weight is 377 g/mol. The zero-order valence-electron chi connectivity index (χ0n) is 17.1. The first-order chi connectivity index (χ1) is 13.4. The largest absolute Gasteiger partial charge is 0.497 e. The van der Waals surface area contributed by atoms with Crippen LogP contribution in [0.1, 0.15) is 33.2 Å². The van der Waals surface area contributed by atoms with E-state index in [4.69, 9.17) is 4.74 Å². The highest BCUT2D eigenvalue weighted by Crippen LogP contribution is 2.23. The fourth-order valence-corrected chi connectivity index (χ4v) is 3.35. The van der Waals surface area contributed by atoms with Crippen molar-refractivity contribution in [3.63, 3.8) is 0 Å². The molecule has 0 spiro atoms. The van der Waals surface area contributed by atoms with Gasteiger partial charge in [-0.1, -0.05) is 23.8 Å². The van der Waals surface area contributed by atoms with Gasteiger partial charge in [-0.2, -0.15) is 0 Å². The standard InChI is InChI=1S/C23H27N3O2/c1-15-9-10-21-18(11-15)13-20(16(2)25-21)23(27)24-14-22(26(3)4)17-7-6-8-19(12-17)28-5/h6-13,22H,14H2,1-5H3,(H,24,27). The van der Waals surface area contributed by atoms with E-state index in [1.165, 1.54) is 0 Å². The van der Waals surface area contributed by atoms with Gasteiger partial charge in [0.15, 0.2) is 0 Å². The molecule has 2 aromatic carbocycles. The van der Waals surface area contributed by atoms with E-state index in [1.54, 1.807) is 7.11 Å². The number of nitrogens with zero attached hydrogens (tertiary/aromatic N) is 2. The van der Waals surface area contributed by atoms with Crippen LogP contribution in [0.25, 0.3) is 10.9 Å². The molecule has 3 aromatic rings. The van der Waals surface area contributed by atoms with Crippen LogP contribution in [0.2, 0.25) is 0 Å². The Kier molecular flexibility index (Phi) is 5.95. The highest BCUT2D eigenvalue weighted by Gasteiger charge is 2.18. The molecule has 0 aliphatic rings. The Hall–Kier alpha value is -2.92. The zero-order valence-corrected chi connectivity index (χ0v) is 17.1. The summed E-state index contributed by atoms with van der Waals surface area (Å²) in [5.41, 5.74) is 4.49. The molecule has 1 heterocycles. The Morgan fingerprint density at radius 3 is 2.64 bits per heavy atom. The molecule has 1 unspecified atom stereocenters. The Morgan fingerprint density at radius 2 is 1.93 bits per heavy atom. The van der Waals surface area contributed by atoms with Gasteiger partial charge in [0, 0.05) is 11.9 Å². The molecule has 3 rings (SSSR count). The number of fused-ring (bicyclic) bond motifs is 1. The van der Waals surface area contributed by atoms with Crippen molar-refractivity contribution in [2.75, 3.05) is 27.7 Å². The van der Waals surface area contributed by atoms with E-state index < -0.39 is 0 Å². The van der Waals surface area contributed by atoms with E-state index in [9.17, 15) is 4.79 Å². The third-order valence-corrected chi connectivity index (χ3v) is 4.96. The Balaban J connectivity index is 1.81. The second-order valence-corrected chi connectivity index (χ2v) is 7.28. The molecular weight excluding hydrogens is 350 g/mol. The van der Waals surface area contributed by atoms with Gasteiger partial charge in [-0.15, -0.1) is 0 Å². The van der Waals surface area contributed by atoms with Crippen LogP contribution in [-0.2, 0) is 0 Å². The number of methoxy groups -OCH3 is 1. The number of likely N-dealkylation sites (N-methyl/N-ethyl adjacent to an activating group) is 1. The van der Waals surface area contributed by atoms with Gasteiger partial charge in [0.05, 0.1) is 29.9 Å². The van der Waals surface area contributed by atoms with E-state index in [-0.39, 0.29) is 11.9 Å². The Labute approximate surface area is 166 Å². The van der Waals surface area contributed by atoms with Gasteiger partial charge in [-0.05, 0) is 63.8 Å². The first-order valence-electron chi connectivity index (χ1n) is 9.35. The molecule has 0 fully saturated rings. The molecule has 0 saturated heterocycles. The average Bonchev–Trinajstić information content (AvgIpc) is 2.67. The van der Waals surface area contributed by atoms with Gasteiger partial charge in [0.1, 0.15) is 5.75 Å². The maximum Gasteiger partial charge on any atom is 0.253 e. The van der Waals surface area contributed by atoms with Crippen LogP contribution in [-0.4, -0.2) is 43.5 Å². The summed E-state index contributed by atoms with van der Waals surface area (Å²) in [5.74, 6) is 0.698. The summed E-state index contributed by atoms with van der Waals surface area (Å²) in [7, 11) is 5.66. The van der Waals surface area contributed by atoms with Crippen LogP contribution < -0.4 is 10.1 Å². The molecule has 0 bridgehead atoms. The third-order valence-electron chi connectivity index (χ3n) is 4.96. The lowest BCUT2D eigenvalue weighted by Gasteiger charge is -2.25. The number of aryl methyl sites for hydroxylation is 2. The van der Waals surface area contributed by atoms with Crippen molar-refractivity contribution in [3.8, 4) is 5.75 Å². The van der Waals surface area contributed by atoms with Crippen LogP contribution in [0.4, 0.5) is 0 Å². The van der Waals surface area contributed by atoms with Crippen LogP contribution >= 0.6 is 0 Å². The summed E-state index contributed by atoms with van der Waals surface area (Å²) in [6, 6.07) is 16.0. The van der Waals surface area contributed by atoms with E-state index in [2.05, 4.69) is 21.3 Å². The first kappa shape index (κ1) is 19.8. The molecule has 1 amide bonds. The summed E-state index contributed by atoms with van der Waals surface area (Å²) >= 11 is 0. The number of carbonyl (C=O) groups is 1. The van der Waals surface area contributed by atoms with Crippen LogP contribution in [0.15, 0.2) is 48.5 Å². The van der Waals surface area contributed by atoms with Crippen LogP contribution in [0, 0.1) is 13.8 Å². The van der Waals surface area contributed by atoms with Crippen molar-refractivity contribution in [2.24, 2.45) is 0 Å². The molecule has 0 radical (unpaired) electrons. The molecule has 0 saturated carbocycles. The Morgan fingerprint density at radius 1 is 1.14 bits per heavy atom. The monoisotopic (exact) mass is 377 g/mol. The predicted molar refractivity (Wildman–Crippen MR) is 113 cm³/mol. The van der Waals surface area contributed by atoms with E-state index >= 15 is 0 Å². The van der Waals surface area contributed by atoms with E-state index in [1.807, 2.05) is 70.4 Å². The van der Waals surface area contributed by atoms with Crippen LogP contribution in [0.3, 0.4) is 0 Å². The lowest BCUT2D eigenvalue weighted by atomic mass is 10.0. The molecule has 1 atom stereocenters. The molecule has 1 aromatic heterocycles. The number of ether oxygens (including phenoxy) is 1. The number of pyridine rings is 1. The molecule has 146 valence electrons. The van der Waals surface area contributed by atoms with Gasteiger partial charge < -0.3 is 15.0 Å². The number of amides is 1. The quantitative estimate of drug-likeness (QED) is 0.708. The molecule has 5 heteroatoms. The first-order valence-corrected chi connectivity index (χ1v) is 9.35. The molecule has 28 heavy (non-hydrogen) atoms. The minimum atomic E-state index is -0.108. The normalized spacial score (nSPS) is 12.2. The lowest BCUT2D eigenvalue weighted by Crippen LogP contribution is -2.35. The van der Waals surface area contributed by atoms with Gasteiger partial charge >= 0.3 is 0 Å². The SMILES string of the molecule is COc1cccc(C(CNC(=O)c2cc3cc(C)ccc3nc2C)N(C)C)c1. The lowest BCUT2D eigenvalue weighted by molar-refractivity contribution is 0.0941. The minimum Gasteiger partial charge on any atom is -0.497 e. The molecule has 0 aliphatic heterocycles. The van der Waals surface area contributed by atoms with Crippen molar-refractivity contribution in [3.05, 3.63) is 70.9 Å². The topological polar surface area (TPSA) is 54.5 Å². The van der Waals surface area contributed by atoms with Crippen molar-refractivity contribution >= 4 is 16.8 Å². The molecule has 0 aliphatic carbocycles. The number of hydrogen-bond donors (Lipinski definition) is 1. The van der Waals surface area contributed by atoms with Crippen LogP contribution in [0.5, 0.6) is 5.75 Å². The number of aromatic nitrogens is 1.